The highest BCUT2D eigenvalue weighted by Gasteiger charge is 1.96. The number of aromatic nitrogens is 1. The normalized spacial score (nSPS) is 10.4. The Morgan fingerprint density at radius 3 is 3.21 bits per heavy atom. The lowest BCUT2D eigenvalue weighted by Crippen LogP contribution is -2.16. The molecule has 2 nitrogen and oxygen atoms in total. The summed E-state index contributed by atoms with van der Waals surface area (Å²) in [6.45, 7) is 7.64. The zero-order valence-electron chi connectivity index (χ0n) is 8.45. The minimum Gasteiger partial charge on any atom is -0.310 e. The molecule has 1 aromatic heterocycles. The summed E-state index contributed by atoms with van der Waals surface area (Å²) in [7, 11) is 0. The van der Waals surface area contributed by atoms with E-state index >= 15 is 0 Å². The minimum atomic E-state index is 0.896. The first-order valence-electron chi connectivity index (χ1n) is 4.63. The average molecular weight is 228 g/mol. The van der Waals surface area contributed by atoms with Crippen LogP contribution in [0.5, 0.6) is 0 Å². The Morgan fingerprint density at radius 2 is 2.57 bits per heavy atom. The van der Waals surface area contributed by atoms with Crippen LogP contribution in [0.4, 0.5) is 0 Å². The number of aryl methyl sites for hydroxylation is 1. The molecule has 0 bridgehead atoms. The molecule has 0 aliphatic rings. The van der Waals surface area contributed by atoms with Gasteiger partial charge in [-0.25, -0.2) is 4.98 Å². The van der Waals surface area contributed by atoms with Crippen molar-refractivity contribution in [2.45, 2.75) is 13.5 Å². The molecule has 1 heterocycles. The molecule has 1 aromatic rings. The zero-order valence-corrected chi connectivity index (χ0v) is 10.1. The summed E-state index contributed by atoms with van der Waals surface area (Å²) in [6.07, 6.45) is 1.94. The Balaban J connectivity index is 2.01. The first-order valence-corrected chi connectivity index (χ1v) is 6.66. The van der Waals surface area contributed by atoms with Crippen LogP contribution in [0.3, 0.4) is 0 Å². The van der Waals surface area contributed by atoms with Gasteiger partial charge in [0.1, 0.15) is 5.01 Å². The second-order valence-corrected chi connectivity index (χ2v) is 5.02. The molecule has 0 spiro atoms. The van der Waals surface area contributed by atoms with Gasteiger partial charge in [0.25, 0.3) is 0 Å². The summed E-state index contributed by atoms with van der Waals surface area (Å²) in [5.74, 6) is 2.18. The first kappa shape index (κ1) is 11.8. The number of rotatable bonds is 7. The van der Waals surface area contributed by atoms with Crippen LogP contribution in [0.15, 0.2) is 18.0 Å². The lowest BCUT2D eigenvalue weighted by atomic mass is 10.5. The third-order valence-electron chi connectivity index (χ3n) is 1.60. The van der Waals surface area contributed by atoms with E-state index in [1.54, 1.807) is 11.3 Å². The maximum Gasteiger partial charge on any atom is 0.107 e. The molecule has 14 heavy (non-hydrogen) atoms. The van der Waals surface area contributed by atoms with Crippen LogP contribution in [0, 0.1) is 6.92 Å². The van der Waals surface area contributed by atoms with Crippen LogP contribution in [-0.2, 0) is 6.54 Å². The minimum absolute atomic E-state index is 0.896. The van der Waals surface area contributed by atoms with Gasteiger partial charge in [-0.1, -0.05) is 6.08 Å². The molecule has 0 radical (unpaired) electrons. The van der Waals surface area contributed by atoms with Crippen LogP contribution in [0.1, 0.15) is 10.7 Å². The molecule has 0 atom stereocenters. The van der Waals surface area contributed by atoms with E-state index in [-0.39, 0.29) is 0 Å². The van der Waals surface area contributed by atoms with Gasteiger partial charge in [0.15, 0.2) is 0 Å². The van der Waals surface area contributed by atoms with E-state index in [0.29, 0.717) is 0 Å². The molecular weight excluding hydrogens is 212 g/mol. The maximum atomic E-state index is 4.38. The van der Waals surface area contributed by atoms with Crippen molar-refractivity contribution >= 4 is 23.1 Å². The Labute approximate surface area is 93.8 Å². The monoisotopic (exact) mass is 228 g/mol. The quantitative estimate of drug-likeness (QED) is 0.573. The summed E-state index contributed by atoms with van der Waals surface area (Å²) in [5, 5.41) is 6.63. The number of hydrogen-bond donors (Lipinski definition) is 1. The van der Waals surface area contributed by atoms with Crippen molar-refractivity contribution in [1.29, 1.82) is 0 Å². The van der Waals surface area contributed by atoms with Crippen LogP contribution >= 0.6 is 23.1 Å². The third kappa shape index (κ3) is 4.79. The van der Waals surface area contributed by atoms with Crippen molar-refractivity contribution in [2.24, 2.45) is 0 Å². The molecule has 0 aliphatic carbocycles. The summed E-state index contributed by atoms with van der Waals surface area (Å²) >= 11 is 3.62. The van der Waals surface area contributed by atoms with E-state index in [1.807, 2.05) is 24.8 Å². The highest BCUT2D eigenvalue weighted by molar-refractivity contribution is 7.99. The molecule has 4 heteroatoms. The molecule has 0 fully saturated rings. The van der Waals surface area contributed by atoms with Crippen LogP contribution in [0.2, 0.25) is 0 Å². The Morgan fingerprint density at radius 1 is 1.71 bits per heavy atom. The van der Waals surface area contributed by atoms with Crippen molar-refractivity contribution in [1.82, 2.24) is 10.3 Å². The highest BCUT2D eigenvalue weighted by Crippen LogP contribution is 2.07. The molecule has 0 saturated carbocycles. The molecule has 0 aliphatic heterocycles. The van der Waals surface area contributed by atoms with Crippen molar-refractivity contribution in [3.05, 3.63) is 28.7 Å². The first-order chi connectivity index (χ1) is 6.83. The molecule has 78 valence electrons. The summed E-state index contributed by atoms with van der Waals surface area (Å²) in [5.41, 5.74) is 1.12. The fourth-order valence-electron chi connectivity index (χ4n) is 0.990. The van der Waals surface area contributed by atoms with E-state index < -0.39 is 0 Å². The van der Waals surface area contributed by atoms with Crippen LogP contribution < -0.4 is 5.32 Å². The standard InChI is InChI=1S/C10H16N2S2/c1-3-5-13-6-4-11-7-10-12-9(2)8-14-10/h3,8,11H,1,4-7H2,2H3. The number of thiazole rings is 1. The lowest BCUT2D eigenvalue weighted by molar-refractivity contribution is 0.726. The van der Waals surface area contributed by atoms with E-state index in [4.69, 9.17) is 0 Å². The van der Waals surface area contributed by atoms with Gasteiger partial charge in [0, 0.05) is 35.7 Å². The fraction of sp³-hybridized carbons (Fsp3) is 0.500. The van der Waals surface area contributed by atoms with E-state index in [1.165, 1.54) is 5.01 Å². The van der Waals surface area contributed by atoms with Crippen molar-refractivity contribution in [3.8, 4) is 0 Å². The third-order valence-corrected chi connectivity index (χ3v) is 3.53. The van der Waals surface area contributed by atoms with Gasteiger partial charge in [0.05, 0.1) is 0 Å². The Kier molecular flexibility index (Phi) is 5.91. The Bertz CT molecular complexity index is 271. The predicted molar refractivity (Wildman–Crippen MR) is 66.1 cm³/mol. The summed E-state index contributed by atoms with van der Waals surface area (Å²) in [4.78, 5) is 4.38. The molecule has 0 unspecified atom stereocenters. The molecular formula is C10H16N2S2. The fourth-order valence-corrected chi connectivity index (χ4v) is 2.35. The maximum absolute atomic E-state index is 4.38. The van der Waals surface area contributed by atoms with Crippen LogP contribution in [0.25, 0.3) is 0 Å². The number of hydrogen-bond acceptors (Lipinski definition) is 4. The van der Waals surface area contributed by atoms with Gasteiger partial charge < -0.3 is 5.32 Å². The highest BCUT2D eigenvalue weighted by atomic mass is 32.2. The predicted octanol–water partition coefficient (Wildman–Crippen LogP) is 2.46. The molecule has 1 N–H and O–H groups in total. The number of nitrogens with one attached hydrogen (secondary N) is 1. The average Bonchev–Trinajstić information content (AvgIpc) is 2.58. The Hall–Kier alpha value is -0.320. The number of nitrogens with zero attached hydrogens (tertiary/aromatic N) is 1. The molecule has 1 rings (SSSR count). The number of thioether (sulfide) groups is 1. The summed E-state index contributed by atoms with van der Waals surface area (Å²) < 4.78 is 0. The zero-order chi connectivity index (χ0) is 10.2. The molecule has 0 amide bonds. The van der Waals surface area contributed by atoms with Crippen molar-refractivity contribution < 1.29 is 0 Å². The van der Waals surface area contributed by atoms with E-state index in [0.717, 1.165) is 30.3 Å². The lowest BCUT2D eigenvalue weighted by Gasteiger charge is -2.00. The SMILES string of the molecule is C=CCSCCNCc1nc(C)cs1. The van der Waals surface area contributed by atoms with Crippen molar-refractivity contribution in [3.63, 3.8) is 0 Å². The van der Waals surface area contributed by atoms with Gasteiger partial charge in [-0.3, -0.25) is 0 Å². The van der Waals surface area contributed by atoms with Gasteiger partial charge in [-0.15, -0.1) is 17.9 Å². The largest absolute Gasteiger partial charge is 0.310 e. The van der Waals surface area contributed by atoms with Crippen LogP contribution in [-0.4, -0.2) is 23.0 Å². The molecule has 0 aromatic carbocycles. The topological polar surface area (TPSA) is 24.9 Å². The van der Waals surface area contributed by atoms with E-state index in [9.17, 15) is 0 Å². The van der Waals surface area contributed by atoms with Gasteiger partial charge in [-0.2, -0.15) is 11.8 Å². The van der Waals surface area contributed by atoms with Crippen molar-refractivity contribution in [2.75, 3.05) is 18.1 Å². The second kappa shape index (κ2) is 7.04. The summed E-state index contributed by atoms with van der Waals surface area (Å²) in [6, 6.07) is 0. The smallest absolute Gasteiger partial charge is 0.107 e. The van der Waals surface area contributed by atoms with Gasteiger partial charge in [0.2, 0.25) is 0 Å². The van der Waals surface area contributed by atoms with Gasteiger partial charge in [-0.05, 0) is 6.92 Å². The second-order valence-electron chi connectivity index (χ2n) is 2.92. The van der Waals surface area contributed by atoms with Gasteiger partial charge >= 0.3 is 0 Å². The van der Waals surface area contributed by atoms with E-state index in [2.05, 4.69) is 22.3 Å². The molecule has 0 saturated heterocycles.